The fourth-order valence-corrected chi connectivity index (χ4v) is 10.6. The van der Waals surface area contributed by atoms with Crippen LogP contribution in [-0.4, -0.2) is 67.8 Å². The number of hydrogen-bond donors (Lipinski definition) is 1. The second kappa shape index (κ2) is 15.7. The van der Waals surface area contributed by atoms with Gasteiger partial charge in [0.25, 0.3) is 0 Å². The van der Waals surface area contributed by atoms with E-state index in [4.69, 9.17) is 13.8 Å². The lowest BCUT2D eigenvalue weighted by Gasteiger charge is -2.58. The van der Waals surface area contributed by atoms with Crippen LogP contribution in [0.5, 0.6) is 0 Å². The molecule has 0 saturated heterocycles. The van der Waals surface area contributed by atoms with Gasteiger partial charge in [-0.1, -0.05) is 65.3 Å². The number of rotatable bonds is 14. The summed E-state index contributed by atoms with van der Waals surface area (Å²) in [5, 5.41) is 0. The molecule has 3 saturated carbocycles. The number of nitrogens with zero attached hydrogens (tertiary/aromatic N) is 1. The summed E-state index contributed by atoms with van der Waals surface area (Å²) in [5.41, 5.74) is 2.11. The molecule has 0 radical (unpaired) electrons. The first-order valence-electron chi connectivity index (χ1n) is 18.0. The number of carbonyl (C=O) groups is 1. The molecule has 0 aromatic rings. The van der Waals surface area contributed by atoms with Crippen LogP contribution in [0.2, 0.25) is 0 Å². The van der Waals surface area contributed by atoms with Gasteiger partial charge in [-0.2, -0.15) is 0 Å². The van der Waals surface area contributed by atoms with Crippen molar-refractivity contribution in [1.82, 2.24) is 0 Å². The molecule has 0 aromatic carbocycles. The highest BCUT2D eigenvalue weighted by atomic mass is 31.2. The Morgan fingerprint density at radius 2 is 1.74 bits per heavy atom. The molecular weight excluding hydrogens is 601 g/mol. The molecule has 2 unspecified atom stereocenters. The minimum absolute atomic E-state index is 0. The summed E-state index contributed by atoms with van der Waals surface area (Å²) in [7, 11) is 1.74. The summed E-state index contributed by atoms with van der Waals surface area (Å²) in [6.07, 6.45) is 17.9. The van der Waals surface area contributed by atoms with Crippen LogP contribution in [0.1, 0.15) is 106 Å². The van der Waals surface area contributed by atoms with Crippen LogP contribution in [0.25, 0.3) is 0 Å². The molecule has 4 aliphatic carbocycles. The van der Waals surface area contributed by atoms with Crippen LogP contribution in [0.4, 0.5) is 0 Å². The number of phosphoric ester groups is 1. The lowest BCUT2D eigenvalue weighted by molar-refractivity contribution is -0.870. The fraction of sp³-hybridized carbons (Fsp3) is 0.865. The van der Waals surface area contributed by atoms with E-state index in [1.165, 1.54) is 37.7 Å². The third kappa shape index (κ3) is 9.15. The Labute approximate surface area is 280 Å². The molecule has 0 spiro atoms. The molecule has 9 heteroatoms. The average molecular weight is 668 g/mol. The first kappa shape index (κ1) is 39.4. The standard InChI is InChI=1S/C37H64NO6P.H2O/c1-10-28(26(2)3)12-11-27(4)32-15-16-33-31-14-13-29-25-30(17-20-36(29,5)34(31)18-21-37(32,33)6)44-35(39)19-23-42-45(40,41)43-24-22-38(7,8)9;/h11-13,26-28,30-34H,10,14-25H2,1-9H3;1H2/b12-11+;/t27-,28-,30?,31+,32-,33+,34+,36+,37-;/m1./s1. The number of likely N-dealkylation sites (N-methyl/N-ethyl adjacent to an activating group) is 1. The van der Waals surface area contributed by atoms with Crippen LogP contribution < -0.4 is 0 Å². The molecule has 0 amide bonds. The van der Waals surface area contributed by atoms with Crippen LogP contribution in [0, 0.1) is 52.3 Å². The second-order valence-corrected chi connectivity index (χ2v) is 18.3. The normalized spacial score (nSPS) is 35.3. The van der Waals surface area contributed by atoms with Gasteiger partial charge in [0.15, 0.2) is 0 Å². The van der Waals surface area contributed by atoms with Gasteiger partial charge in [0.2, 0.25) is 0 Å². The number of allylic oxidation sites excluding steroid dienone is 3. The van der Waals surface area contributed by atoms with Crippen molar-refractivity contribution < 1.29 is 38.0 Å². The molecule has 3 fully saturated rings. The lowest BCUT2D eigenvalue weighted by Crippen LogP contribution is -2.51. The van der Waals surface area contributed by atoms with E-state index in [0.29, 0.717) is 40.1 Å². The van der Waals surface area contributed by atoms with E-state index in [0.717, 1.165) is 43.4 Å². The Kier molecular flexibility index (Phi) is 13.4. The number of fused-ring (bicyclic) bond motifs is 5. The fourth-order valence-electron chi connectivity index (χ4n) is 9.87. The minimum atomic E-state index is -4.19. The van der Waals surface area contributed by atoms with Gasteiger partial charge in [0.1, 0.15) is 19.3 Å². The zero-order valence-corrected chi connectivity index (χ0v) is 31.3. The van der Waals surface area contributed by atoms with Gasteiger partial charge < -0.3 is 19.6 Å². The van der Waals surface area contributed by atoms with Crippen molar-refractivity contribution in [3.8, 4) is 0 Å². The highest BCUT2D eigenvalue weighted by molar-refractivity contribution is 7.47. The van der Waals surface area contributed by atoms with Crippen molar-refractivity contribution in [2.24, 2.45) is 52.3 Å². The summed E-state index contributed by atoms with van der Waals surface area (Å²) in [6.45, 7) is 15.1. The van der Waals surface area contributed by atoms with Gasteiger partial charge in [0, 0.05) is 6.42 Å². The van der Waals surface area contributed by atoms with E-state index in [9.17, 15) is 14.3 Å². The predicted molar refractivity (Wildman–Crippen MR) is 183 cm³/mol. The van der Waals surface area contributed by atoms with Gasteiger partial charge in [-0.05, 0) is 104 Å². The highest BCUT2D eigenvalue weighted by Gasteiger charge is 2.59. The van der Waals surface area contributed by atoms with E-state index in [2.05, 4.69) is 59.8 Å². The minimum Gasteiger partial charge on any atom is -0.870 e. The maximum Gasteiger partial charge on any atom is 0.472 e. The van der Waals surface area contributed by atoms with Gasteiger partial charge in [-0.15, -0.1) is 0 Å². The smallest absolute Gasteiger partial charge is 0.472 e. The van der Waals surface area contributed by atoms with Gasteiger partial charge in [0.05, 0.1) is 34.2 Å². The van der Waals surface area contributed by atoms with E-state index < -0.39 is 7.82 Å². The van der Waals surface area contributed by atoms with Crippen LogP contribution in [0.15, 0.2) is 23.8 Å². The molecule has 0 heterocycles. The van der Waals surface area contributed by atoms with E-state index in [-0.39, 0.29) is 42.6 Å². The third-order valence-corrected chi connectivity index (χ3v) is 13.6. The third-order valence-electron chi connectivity index (χ3n) is 12.6. The second-order valence-electron chi connectivity index (χ2n) is 16.8. The number of hydrogen-bond acceptors (Lipinski definition) is 6. The molecule has 4 rings (SSSR count). The molecule has 46 heavy (non-hydrogen) atoms. The van der Waals surface area contributed by atoms with Crippen molar-refractivity contribution >= 4 is 13.8 Å². The Hall–Kier alpha value is -1.02. The van der Waals surface area contributed by atoms with Crippen LogP contribution in [0.3, 0.4) is 0 Å². The Bertz CT molecular complexity index is 1130. The van der Waals surface area contributed by atoms with Gasteiger partial charge in [-0.25, -0.2) is 4.57 Å². The summed E-state index contributed by atoms with van der Waals surface area (Å²) < 4.78 is 28.7. The SMILES string of the molecule is CC[C@H](/C=C/[C@@H](C)[C@H]1CC[C@H]2[C@@H]3CC=C4CC(OC(=O)CCOP(=O)(O)OCC[N+](C)(C)C)CC[C@]4(C)[C@H]3CC[C@]12C)C(C)C.[OH-]. The lowest BCUT2D eigenvalue weighted by atomic mass is 9.47. The molecule has 0 aliphatic heterocycles. The topological polar surface area (TPSA) is 112 Å². The maximum atomic E-state index is 12.6. The summed E-state index contributed by atoms with van der Waals surface area (Å²) in [5.74, 6) is 4.68. The molecule has 4 aliphatic rings. The van der Waals surface area contributed by atoms with E-state index >= 15 is 0 Å². The number of quaternary nitrogens is 1. The number of carbonyl (C=O) groups excluding carboxylic acids is 1. The van der Waals surface area contributed by atoms with Crippen molar-refractivity contribution in [3.05, 3.63) is 23.8 Å². The molecule has 2 N–H and O–H groups in total. The number of phosphoric acid groups is 1. The maximum absolute atomic E-state index is 12.6. The van der Waals surface area contributed by atoms with Gasteiger partial charge >= 0.3 is 13.8 Å². The Morgan fingerprint density at radius 3 is 2.39 bits per heavy atom. The predicted octanol–water partition coefficient (Wildman–Crippen LogP) is 8.40. The molecule has 0 aromatic heterocycles. The highest BCUT2D eigenvalue weighted by Crippen LogP contribution is 2.67. The van der Waals surface area contributed by atoms with Crippen LogP contribution >= 0.6 is 7.82 Å². The van der Waals surface area contributed by atoms with Crippen molar-refractivity contribution in [2.45, 2.75) is 112 Å². The Balaban J connectivity index is 0.00000576. The van der Waals surface area contributed by atoms with Crippen molar-refractivity contribution in [3.63, 3.8) is 0 Å². The molecular formula is C37H66NO7P. The Morgan fingerprint density at radius 1 is 1.04 bits per heavy atom. The van der Waals surface area contributed by atoms with Gasteiger partial charge in [-0.3, -0.25) is 13.8 Å². The molecule has 266 valence electrons. The molecule has 10 atom stereocenters. The number of ether oxygens (including phenoxy) is 1. The largest absolute Gasteiger partial charge is 0.870 e. The van der Waals surface area contributed by atoms with E-state index in [1.54, 1.807) is 0 Å². The first-order valence-corrected chi connectivity index (χ1v) is 19.5. The number of esters is 1. The average Bonchev–Trinajstić information content (AvgIpc) is 3.29. The zero-order chi connectivity index (χ0) is 33.2. The van der Waals surface area contributed by atoms with Crippen molar-refractivity contribution in [1.29, 1.82) is 0 Å². The zero-order valence-electron chi connectivity index (χ0n) is 30.4. The first-order chi connectivity index (χ1) is 21.0. The molecule has 0 bridgehead atoms. The van der Waals surface area contributed by atoms with Crippen molar-refractivity contribution in [2.75, 3.05) is 40.9 Å². The van der Waals surface area contributed by atoms with Crippen LogP contribution in [-0.2, 0) is 23.1 Å². The molecule has 8 nitrogen and oxygen atoms in total. The summed E-state index contributed by atoms with van der Waals surface area (Å²) in [6, 6.07) is 0. The summed E-state index contributed by atoms with van der Waals surface area (Å²) in [4.78, 5) is 22.6. The quantitative estimate of drug-likeness (QED) is 0.0857. The monoisotopic (exact) mass is 667 g/mol. The summed E-state index contributed by atoms with van der Waals surface area (Å²) >= 11 is 0. The van der Waals surface area contributed by atoms with E-state index in [1.807, 2.05) is 21.1 Å².